The SMILES string of the molecule is Cc1ccc(Oc2ccc(N3C(=S)NC(c4ccccn4)C3c3ccc(-c4ccc(F)cc4Br)o3)cc2)cc1. The van der Waals surface area contributed by atoms with Gasteiger partial charge in [-0.2, -0.15) is 0 Å². The molecule has 194 valence electrons. The molecule has 0 saturated carbocycles. The molecule has 39 heavy (non-hydrogen) atoms. The summed E-state index contributed by atoms with van der Waals surface area (Å²) in [5, 5.41) is 4.00. The summed E-state index contributed by atoms with van der Waals surface area (Å²) < 4.78 is 26.7. The van der Waals surface area contributed by atoms with Crippen LogP contribution < -0.4 is 15.0 Å². The van der Waals surface area contributed by atoms with Gasteiger partial charge in [-0.05, 0) is 114 Å². The minimum atomic E-state index is -0.320. The molecule has 1 aliphatic heterocycles. The average Bonchev–Trinajstić information content (AvgIpc) is 3.55. The highest BCUT2D eigenvalue weighted by molar-refractivity contribution is 9.10. The lowest BCUT2D eigenvalue weighted by Crippen LogP contribution is -2.29. The molecule has 1 fully saturated rings. The number of pyridine rings is 1. The van der Waals surface area contributed by atoms with E-state index in [9.17, 15) is 4.39 Å². The minimum Gasteiger partial charge on any atom is -0.459 e. The Morgan fingerprint density at radius 1 is 0.949 bits per heavy atom. The van der Waals surface area contributed by atoms with E-state index in [1.165, 1.54) is 17.7 Å². The number of nitrogens with zero attached hydrogens (tertiary/aromatic N) is 2. The Morgan fingerprint density at radius 2 is 1.69 bits per heavy atom. The predicted octanol–water partition coefficient (Wildman–Crippen LogP) is 8.52. The molecule has 0 aliphatic carbocycles. The van der Waals surface area contributed by atoms with E-state index < -0.39 is 0 Å². The number of rotatable bonds is 6. The van der Waals surface area contributed by atoms with Crippen LogP contribution in [0.5, 0.6) is 11.5 Å². The summed E-state index contributed by atoms with van der Waals surface area (Å²) in [6, 6.07) is 29.3. The van der Waals surface area contributed by atoms with Crippen molar-refractivity contribution in [2.24, 2.45) is 0 Å². The summed E-state index contributed by atoms with van der Waals surface area (Å²) in [5.74, 6) is 2.49. The first-order chi connectivity index (χ1) is 19.0. The molecule has 5 nitrogen and oxygen atoms in total. The van der Waals surface area contributed by atoms with E-state index in [4.69, 9.17) is 21.4 Å². The van der Waals surface area contributed by atoms with Crippen molar-refractivity contribution in [1.29, 1.82) is 0 Å². The van der Waals surface area contributed by atoms with Gasteiger partial charge in [0.25, 0.3) is 0 Å². The standard InChI is InChI=1S/C31H23BrFN3O2S/c1-19-5-10-22(11-6-19)37-23-12-8-21(9-13-23)36-30(29(35-31(36)39)26-4-2-3-17-34-26)28-16-15-27(38-28)24-14-7-20(33)18-25(24)32/h2-18,29-30H,1H3,(H,35,39). The Bertz CT molecular complexity index is 1620. The number of benzene rings is 3. The van der Waals surface area contributed by atoms with Crippen molar-refractivity contribution in [3.63, 3.8) is 0 Å². The molecule has 8 heteroatoms. The molecule has 1 aliphatic rings. The van der Waals surface area contributed by atoms with Crippen molar-refractivity contribution in [2.45, 2.75) is 19.0 Å². The van der Waals surface area contributed by atoms with Crippen LogP contribution in [0.2, 0.25) is 0 Å². The summed E-state index contributed by atoms with van der Waals surface area (Å²) in [6.07, 6.45) is 1.76. The second-order valence-corrected chi connectivity index (χ2v) is 10.5. The molecule has 2 unspecified atom stereocenters. The van der Waals surface area contributed by atoms with E-state index in [0.717, 1.165) is 28.4 Å². The Labute approximate surface area is 239 Å². The lowest BCUT2D eigenvalue weighted by molar-refractivity contribution is 0.439. The van der Waals surface area contributed by atoms with E-state index in [-0.39, 0.29) is 17.9 Å². The zero-order chi connectivity index (χ0) is 26.9. The van der Waals surface area contributed by atoms with Crippen LogP contribution in [-0.4, -0.2) is 10.1 Å². The fourth-order valence-electron chi connectivity index (χ4n) is 4.68. The van der Waals surface area contributed by atoms with Gasteiger partial charge in [0.15, 0.2) is 5.11 Å². The van der Waals surface area contributed by atoms with Gasteiger partial charge >= 0.3 is 0 Å². The summed E-state index contributed by atoms with van der Waals surface area (Å²) in [6.45, 7) is 2.04. The molecule has 1 N–H and O–H groups in total. The van der Waals surface area contributed by atoms with Crippen molar-refractivity contribution >= 4 is 38.9 Å². The number of thiocarbonyl (C=S) groups is 1. The molecule has 0 radical (unpaired) electrons. The van der Waals surface area contributed by atoms with Gasteiger partial charge < -0.3 is 19.4 Å². The van der Waals surface area contributed by atoms with Crippen LogP contribution in [0.3, 0.4) is 0 Å². The Morgan fingerprint density at radius 3 is 2.38 bits per heavy atom. The Kier molecular flexibility index (Phi) is 6.89. The van der Waals surface area contributed by atoms with Crippen molar-refractivity contribution in [1.82, 2.24) is 10.3 Å². The fraction of sp³-hybridized carbons (Fsp3) is 0.0968. The van der Waals surface area contributed by atoms with Crippen molar-refractivity contribution in [3.05, 3.63) is 131 Å². The Balaban J connectivity index is 1.35. The third-order valence-electron chi connectivity index (χ3n) is 6.58. The number of hydrogen-bond acceptors (Lipinski definition) is 4. The van der Waals surface area contributed by atoms with Gasteiger partial charge in [-0.3, -0.25) is 4.98 Å². The van der Waals surface area contributed by atoms with Crippen LogP contribution in [0, 0.1) is 12.7 Å². The van der Waals surface area contributed by atoms with Gasteiger partial charge in [-0.15, -0.1) is 0 Å². The first kappa shape index (κ1) is 25.3. The molecule has 0 spiro atoms. The molecule has 1 saturated heterocycles. The van der Waals surface area contributed by atoms with Crippen LogP contribution >= 0.6 is 28.1 Å². The van der Waals surface area contributed by atoms with E-state index in [2.05, 4.69) is 26.2 Å². The summed E-state index contributed by atoms with van der Waals surface area (Å²) in [7, 11) is 0. The maximum atomic E-state index is 13.7. The first-order valence-electron chi connectivity index (χ1n) is 12.4. The number of aryl methyl sites for hydroxylation is 1. The quantitative estimate of drug-likeness (QED) is 0.197. The molecule has 6 rings (SSSR count). The average molecular weight is 601 g/mol. The van der Waals surface area contributed by atoms with E-state index in [0.29, 0.717) is 21.1 Å². The number of anilines is 1. The second-order valence-electron chi connectivity index (χ2n) is 9.23. The first-order valence-corrected chi connectivity index (χ1v) is 13.6. The molecule has 0 amide bonds. The minimum absolute atomic E-state index is 0.252. The monoisotopic (exact) mass is 599 g/mol. The highest BCUT2D eigenvalue weighted by atomic mass is 79.9. The lowest BCUT2D eigenvalue weighted by Gasteiger charge is -2.26. The van der Waals surface area contributed by atoms with Gasteiger partial charge in [0, 0.05) is 21.9 Å². The fourth-order valence-corrected chi connectivity index (χ4v) is 5.58. The molecule has 2 aromatic heterocycles. The third kappa shape index (κ3) is 5.17. The van der Waals surface area contributed by atoms with Crippen LogP contribution in [0.1, 0.15) is 29.1 Å². The number of aromatic nitrogens is 1. The summed E-state index contributed by atoms with van der Waals surface area (Å²) >= 11 is 9.28. The molecule has 2 atom stereocenters. The summed E-state index contributed by atoms with van der Waals surface area (Å²) in [4.78, 5) is 6.63. The third-order valence-corrected chi connectivity index (χ3v) is 7.56. The summed E-state index contributed by atoms with van der Waals surface area (Å²) in [5.41, 5.74) is 3.66. The van der Waals surface area contributed by atoms with Gasteiger partial charge in [-0.1, -0.05) is 23.8 Å². The van der Waals surface area contributed by atoms with Gasteiger partial charge in [0.05, 0.1) is 11.7 Å². The zero-order valence-electron chi connectivity index (χ0n) is 20.8. The Hall–Kier alpha value is -4.01. The smallest absolute Gasteiger partial charge is 0.174 e. The second kappa shape index (κ2) is 10.6. The number of ether oxygens (including phenoxy) is 1. The van der Waals surface area contributed by atoms with Gasteiger partial charge in [0.1, 0.15) is 34.9 Å². The van der Waals surface area contributed by atoms with Crippen molar-refractivity contribution in [2.75, 3.05) is 4.90 Å². The molecule has 0 bridgehead atoms. The maximum Gasteiger partial charge on any atom is 0.174 e. The normalized spacial score (nSPS) is 16.8. The number of hydrogen-bond donors (Lipinski definition) is 1. The zero-order valence-corrected chi connectivity index (χ0v) is 23.2. The van der Waals surface area contributed by atoms with E-state index in [1.54, 1.807) is 12.3 Å². The molecule has 3 heterocycles. The highest BCUT2D eigenvalue weighted by Crippen LogP contribution is 2.44. The van der Waals surface area contributed by atoms with E-state index >= 15 is 0 Å². The number of halogens is 2. The lowest BCUT2D eigenvalue weighted by atomic mass is 10.0. The number of furan rings is 1. The topological polar surface area (TPSA) is 50.5 Å². The van der Waals surface area contributed by atoms with Crippen LogP contribution in [0.4, 0.5) is 10.1 Å². The largest absolute Gasteiger partial charge is 0.459 e. The molecular formula is C31H23BrFN3O2S. The predicted molar refractivity (Wildman–Crippen MR) is 157 cm³/mol. The highest BCUT2D eigenvalue weighted by Gasteiger charge is 2.42. The van der Waals surface area contributed by atoms with Crippen molar-refractivity contribution < 1.29 is 13.5 Å². The molecule has 3 aromatic carbocycles. The molecular weight excluding hydrogens is 577 g/mol. The molecule has 5 aromatic rings. The maximum absolute atomic E-state index is 13.7. The van der Waals surface area contributed by atoms with Gasteiger partial charge in [-0.25, -0.2) is 4.39 Å². The number of nitrogens with one attached hydrogen (secondary N) is 1. The van der Waals surface area contributed by atoms with Crippen LogP contribution in [0.15, 0.2) is 112 Å². The van der Waals surface area contributed by atoms with E-state index in [1.807, 2.05) is 90.7 Å². The van der Waals surface area contributed by atoms with Crippen molar-refractivity contribution in [3.8, 4) is 22.8 Å². The van der Waals surface area contributed by atoms with Crippen LogP contribution in [-0.2, 0) is 0 Å². The van der Waals surface area contributed by atoms with Gasteiger partial charge in [0.2, 0.25) is 0 Å². The van der Waals surface area contributed by atoms with Crippen LogP contribution in [0.25, 0.3) is 11.3 Å².